The summed E-state index contributed by atoms with van der Waals surface area (Å²) >= 11 is 2.24. The molecule has 24 heavy (non-hydrogen) atoms. The fourth-order valence-corrected chi connectivity index (χ4v) is 3.08. The summed E-state index contributed by atoms with van der Waals surface area (Å²) in [4.78, 5) is 28.5. The first-order valence-electron chi connectivity index (χ1n) is 7.09. The molecule has 0 aliphatic heterocycles. The van der Waals surface area contributed by atoms with E-state index in [2.05, 4.69) is 20.5 Å². The molecule has 3 N–H and O–H groups in total. The zero-order valence-electron chi connectivity index (χ0n) is 13.5. The number of thioether (sulfide) groups is 1. The van der Waals surface area contributed by atoms with Gasteiger partial charge >= 0.3 is 5.97 Å². The van der Waals surface area contributed by atoms with E-state index in [9.17, 15) is 9.59 Å². The first-order valence-corrected chi connectivity index (χ1v) is 8.89. The van der Waals surface area contributed by atoms with Crippen molar-refractivity contribution in [2.75, 3.05) is 23.5 Å². The molecule has 2 aromatic rings. The molecular weight excluding hydrogens is 352 g/mol. The summed E-state index contributed by atoms with van der Waals surface area (Å²) in [5, 5.41) is 10.8. The third-order valence-corrected chi connectivity index (χ3v) is 4.66. The van der Waals surface area contributed by atoms with Gasteiger partial charge in [0.15, 0.2) is 5.13 Å². The van der Waals surface area contributed by atoms with Crippen molar-refractivity contribution in [3.8, 4) is 0 Å². The molecule has 0 saturated carbocycles. The summed E-state index contributed by atoms with van der Waals surface area (Å²) < 4.78 is 6.41. The van der Waals surface area contributed by atoms with Crippen molar-refractivity contribution in [3.05, 3.63) is 16.9 Å². The van der Waals surface area contributed by atoms with E-state index < -0.39 is 5.97 Å². The number of amides is 1. The second kappa shape index (κ2) is 8.11. The normalized spacial score (nSPS) is 10.8. The van der Waals surface area contributed by atoms with Crippen LogP contribution >= 0.6 is 23.1 Å². The lowest BCUT2D eigenvalue weighted by atomic mass is 10.2. The van der Waals surface area contributed by atoms with Gasteiger partial charge in [-0.2, -0.15) is 0 Å². The molecule has 0 spiro atoms. The van der Waals surface area contributed by atoms with Gasteiger partial charge in [-0.1, -0.05) is 36.9 Å². The Kier molecular flexibility index (Phi) is 6.15. The van der Waals surface area contributed by atoms with Gasteiger partial charge in [0.25, 0.3) is 0 Å². The fraction of sp³-hybridized carbons (Fsp3) is 0.462. The number of aryl methyl sites for hydroxylation is 1. The van der Waals surface area contributed by atoms with Crippen LogP contribution in [-0.4, -0.2) is 44.1 Å². The number of anilines is 1. The Balaban J connectivity index is 1.90. The first kappa shape index (κ1) is 18.2. The minimum Gasteiger partial charge on any atom is -0.461 e. The molecule has 1 amide bonds. The van der Waals surface area contributed by atoms with E-state index in [1.54, 1.807) is 6.92 Å². The third kappa shape index (κ3) is 4.93. The first-order chi connectivity index (χ1) is 11.4. The van der Waals surface area contributed by atoms with Crippen molar-refractivity contribution in [3.63, 3.8) is 0 Å². The minimum absolute atomic E-state index is 0.0989. The van der Waals surface area contributed by atoms with Gasteiger partial charge < -0.3 is 15.9 Å². The fourth-order valence-electron chi connectivity index (χ4n) is 1.57. The lowest BCUT2D eigenvalue weighted by Gasteiger charge is -2.05. The molecule has 11 heteroatoms. The number of carbonyl (C=O) groups is 2. The van der Waals surface area contributed by atoms with Crippen LogP contribution in [0.3, 0.4) is 0 Å². The summed E-state index contributed by atoms with van der Waals surface area (Å²) in [6, 6.07) is 0. The molecule has 0 saturated heterocycles. The standard InChI is InChI=1S/C13H18N6O3S2/c1-7(2)4-22-11(21)10-8(3)16-12(24-10)17-9(20)5-23-13-18-15-6-19(13)14/h6-7H,4-5,14H2,1-3H3,(H,16,17,20). The lowest BCUT2D eigenvalue weighted by Crippen LogP contribution is -2.15. The van der Waals surface area contributed by atoms with Crippen molar-refractivity contribution >= 4 is 40.1 Å². The van der Waals surface area contributed by atoms with Gasteiger partial charge in [-0.25, -0.2) is 14.5 Å². The van der Waals surface area contributed by atoms with E-state index in [0.29, 0.717) is 27.5 Å². The predicted octanol–water partition coefficient (Wildman–Crippen LogP) is 1.30. The Hall–Kier alpha value is -2.14. The molecule has 2 rings (SSSR count). The highest BCUT2D eigenvalue weighted by Gasteiger charge is 2.18. The van der Waals surface area contributed by atoms with Crippen molar-refractivity contribution in [1.82, 2.24) is 19.9 Å². The zero-order valence-corrected chi connectivity index (χ0v) is 15.1. The summed E-state index contributed by atoms with van der Waals surface area (Å²) in [7, 11) is 0. The van der Waals surface area contributed by atoms with Crippen LogP contribution in [0.2, 0.25) is 0 Å². The molecule has 0 atom stereocenters. The molecule has 2 aromatic heterocycles. The molecule has 0 radical (unpaired) electrons. The minimum atomic E-state index is -0.426. The quantitative estimate of drug-likeness (QED) is 0.424. The lowest BCUT2D eigenvalue weighted by molar-refractivity contribution is -0.113. The van der Waals surface area contributed by atoms with Crippen LogP contribution in [-0.2, 0) is 9.53 Å². The van der Waals surface area contributed by atoms with Crippen LogP contribution < -0.4 is 11.2 Å². The van der Waals surface area contributed by atoms with Crippen molar-refractivity contribution in [2.45, 2.75) is 25.9 Å². The molecule has 0 bridgehead atoms. The number of hydrogen-bond acceptors (Lipinski definition) is 9. The number of aromatic nitrogens is 4. The maximum atomic E-state index is 12.0. The number of thiazole rings is 1. The summed E-state index contributed by atoms with van der Waals surface area (Å²) in [6.45, 7) is 5.95. The Labute approximate surface area is 147 Å². The van der Waals surface area contributed by atoms with Gasteiger partial charge in [-0.15, -0.1) is 10.2 Å². The maximum absolute atomic E-state index is 12.0. The number of nitrogens with one attached hydrogen (secondary N) is 1. The average molecular weight is 370 g/mol. The summed E-state index contributed by atoms with van der Waals surface area (Å²) in [5.41, 5.74) is 0.526. The second-order valence-corrected chi connectivity index (χ2v) is 7.23. The van der Waals surface area contributed by atoms with Crippen LogP contribution in [0.25, 0.3) is 0 Å². The largest absolute Gasteiger partial charge is 0.461 e. The van der Waals surface area contributed by atoms with Crippen molar-refractivity contribution in [2.24, 2.45) is 5.92 Å². The van der Waals surface area contributed by atoms with E-state index >= 15 is 0 Å². The van der Waals surface area contributed by atoms with Crippen LogP contribution in [0, 0.1) is 12.8 Å². The molecule has 0 aliphatic rings. The topological polar surface area (TPSA) is 125 Å². The van der Waals surface area contributed by atoms with Crippen LogP contribution in [0.15, 0.2) is 11.5 Å². The molecule has 130 valence electrons. The van der Waals surface area contributed by atoms with Crippen LogP contribution in [0.1, 0.15) is 29.2 Å². The van der Waals surface area contributed by atoms with Crippen molar-refractivity contribution < 1.29 is 14.3 Å². The van der Waals surface area contributed by atoms with Crippen LogP contribution in [0.5, 0.6) is 0 Å². The number of nitrogen functional groups attached to an aromatic ring is 1. The Bertz CT molecular complexity index is 727. The molecule has 0 unspecified atom stereocenters. The molecule has 0 aromatic carbocycles. The number of hydrogen-bond donors (Lipinski definition) is 2. The van der Waals surface area contributed by atoms with Gasteiger partial charge in [-0.05, 0) is 12.8 Å². The van der Waals surface area contributed by atoms with E-state index in [-0.39, 0.29) is 17.6 Å². The smallest absolute Gasteiger partial charge is 0.350 e. The van der Waals surface area contributed by atoms with Gasteiger partial charge in [0.2, 0.25) is 11.1 Å². The maximum Gasteiger partial charge on any atom is 0.350 e. The molecule has 9 nitrogen and oxygen atoms in total. The van der Waals surface area contributed by atoms with Gasteiger partial charge in [0.1, 0.15) is 11.2 Å². The Morgan fingerprint density at radius 2 is 2.25 bits per heavy atom. The van der Waals surface area contributed by atoms with Gasteiger partial charge in [-0.3, -0.25) is 4.79 Å². The van der Waals surface area contributed by atoms with Crippen molar-refractivity contribution in [1.29, 1.82) is 0 Å². The number of nitrogens with two attached hydrogens (primary N) is 1. The molecule has 0 aliphatic carbocycles. The number of rotatable bonds is 7. The highest BCUT2D eigenvalue weighted by molar-refractivity contribution is 7.99. The van der Waals surface area contributed by atoms with Gasteiger partial charge in [0.05, 0.1) is 18.1 Å². The van der Waals surface area contributed by atoms with E-state index in [1.807, 2.05) is 13.8 Å². The highest BCUT2D eigenvalue weighted by Crippen LogP contribution is 2.24. The number of carbonyl (C=O) groups excluding carboxylic acids is 2. The monoisotopic (exact) mass is 370 g/mol. The van der Waals surface area contributed by atoms with E-state index in [0.717, 1.165) is 23.1 Å². The number of esters is 1. The molecule has 2 heterocycles. The average Bonchev–Trinajstić information content (AvgIpc) is 3.08. The molecular formula is C13H18N6O3S2. The van der Waals surface area contributed by atoms with Gasteiger partial charge in [0, 0.05) is 0 Å². The molecule has 0 fully saturated rings. The van der Waals surface area contributed by atoms with E-state index in [1.165, 1.54) is 11.0 Å². The Morgan fingerprint density at radius 1 is 1.50 bits per heavy atom. The third-order valence-electron chi connectivity index (χ3n) is 2.65. The predicted molar refractivity (Wildman–Crippen MR) is 91.5 cm³/mol. The number of ether oxygens (including phenoxy) is 1. The summed E-state index contributed by atoms with van der Waals surface area (Å²) in [6.07, 6.45) is 1.35. The van der Waals surface area contributed by atoms with E-state index in [4.69, 9.17) is 10.6 Å². The number of nitrogens with zero attached hydrogens (tertiary/aromatic N) is 4. The SMILES string of the molecule is Cc1nc(NC(=O)CSc2nncn2N)sc1C(=O)OCC(C)C. The Morgan fingerprint density at radius 3 is 2.88 bits per heavy atom. The van der Waals surface area contributed by atoms with Crippen LogP contribution in [0.4, 0.5) is 5.13 Å². The highest BCUT2D eigenvalue weighted by atomic mass is 32.2. The zero-order chi connectivity index (χ0) is 17.7. The summed E-state index contributed by atoms with van der Waals surface area (Å²) in [5.74, 6) is 5.21. The second-order valence-electron chi connectivity index (χ2n) is 5.28.